The molecule has 0 aliphatic carbocycles. The summed E-state index contributed by atoms with van der Waals surface area (Å²) < 4.78 is 6.76. The van der Waals surface area contributed by atoms with Crippen molar-refractivity contribution in [3.8, 4) is 0 Å². The van der Waals surface area contributed by atoms with Gasteiger partial charge in [0.25, 0.3) is 0 Å². The van der Waals surface area contributed by atoms with E-state index in [0.717, 1.165) is 18.4 Å². The Hall–Kier alpha value is -2.31. The van der Waals surface area contributed by atoms with Gasteiger partial charge in [0.15, 0.2) is 5.65 Å². The summed E-state index contributed by atoms with van der Waals surface area (Å²) >= 11 is 0. The van der Waals surface area contributed by atoms with Gasteiger partial charge < -0.3 is 9.64 Å². The molecule has 2 aromatic heterocycles. The predicted octanol–water partition coefficient (Wildman–Crippen LogP) is 1.52. The molecule has 1 fully saturated rings. The number of fused-ring (bicyclic) bond motifs is 1. The molecule has 0 atom stereocenters. The average Bonchev–Trinajstić information content (AvgIpc) is 2.83. The SMILES string of the molecule is CCOC(=O)N1CCC(n2c(=O)[nH]c3ncccc32)CC1. The molecular formula is C14H18N4O3. The summed E-state index contributed by atoms with van der Waals surface area (Å²) in [5, 5.41) is 0. The maximum Gasteiger partial charge on any atom is 0.409 e. The first-order valence-corrected chi connectivity index (χ1v) is 7.17. The van der Waals surface area contributed by atoms with Gasteiger partial charge in [-0.05, 0) is 31.9 Å². The van der Waals surface area contributed by atoms with Crippen LogP contribution in [0.15, 0.2) is 23.1 Å². The highest BCUT2D eigenvalue weighted by Gasteiger charge is 2.26. The van der Waals surface area contributed by atoms with Crippen LogP contribution >= 0.6 is 0 Å². The second kappa shape index (κ2) is 5.59. The van der Waals surface area contributed by atoms with Gasteiger partial charge in [-0.3, -0.25) is 9.55 Å². The van der Waals surface area contributed by atoms with Crippen LogP contribution in [0.5, 0.6) is 0 Å². The van der Waals surface area contributed by atoms with Crippen LogP contribution in [0.3, 0.4) is 0 Å². The molecule has 7 heteroatoms. The number of ether oxygens (including phenoxy) is 1. The van der Waals surface area contributed by atoms with Crippen LogP contribution in [0.4, 0.5) is 4.79 Å². The van der Waals surface area contributed by atoms with Crippen LogP contribution in [-0.2, 0) is 4.74 Å². The highest BCUT2D eigenvalue weighted by Crippen LogP contribution is 2.24. The van der Waals surface area contributed by atoms with Crippen LogP contribution in [0.1, 0.15) is 25.8 Å². The van der Waals surface area contributed by atoms with Gasteiger partial charge in [-0.1, -0.05) is 0 Å². The summed E-state index contributed by atoms with van der Waals surface area (Å²) in [5.74, 6) is 0. The molecule has 1 saturated heterocycles. The monoisotopic (exact) mass is 290 g/mol. The van der Waals surface area contributed by atoms with Crippen molar-refractivity contribution in [2.45, 2.75) is 25.8 Å². The zero-order chi connectivity index (χ0) is 14.8. The standard InChI is InChI=1S/C14H18N4O3/c1-2-21-14(20)17-8-5-10(6-9-17)18-11-4-3-7-15-12(11)16-13(18)19/h3-4,7,10H,2,5-6,8-9H2,1H3,(H,15,16,19). The molecule has 2 aromatic rings. The molecule has 1 N–H and O–H groups in total. The minimum atomic E-state index is -0.274. The lowest BCUT2D eigenvalue weighted by Gasteiger charge is -2.31. The van der Waals surface area contributed by atoms with Gasteiger partial charge >= 0.3 is 11.8 Å². The molecule has 0 saturated carbocycles. The number of aromatic amines is 1. The third-order valence-corrected chi connectivity index (χ3v) is 3.85. The van der Waals surface area contributed by atoms with E-state index in [9.17, 15) is 9.59 Å². The van der Waals surface area contributed by atoms with Crippen LogP contribution in [0, 0.1) is 0 Å². The Balaban J connectivity index is 1.79. The van der Waals surface area contributed by atoms with Gasteiger partial charge in [-0.15, -0.1) is 0 Å². The van der Waals surface area contributed by atoms with E-state index in [1.54, 1.807) is 22.6 Å². The number of aromatic nitrogens is 3. The number of piperidine rings is 1. The number of imidazole rings is 1. The van der Waals surface area contributed by atoms with Crippen molar-refractivity contribution in [3.63, 3.8) is 0 Å². The molecule has 1 amide bonds. The second-order valence-electron chi connectivity index (χ2n) is 5.09. The number of pyridine rings is 1. The number of nitrogens with zero attached hydrogens (tertiary/aromatic N) is 3. The molecule has 3 heterocycles. The largest absolute Gasteiger partial charge is 0.450 e. The van der Waals surface area contributed by atoms with Crippen LogP contribution < -0.4 is 5.69 Å². The molecule has 1 aliphatic heterocycles. The number of hydrogen-bond acceptors (Lipinski definition) is 4. The van der Waals surface area contributed by atoms with Crippen molar-refractivity contribution in [2.24, 2.45) is 0 Å². The van der Waals surface area contributed by atoms with E-state index >= 15 is 0 Å². The van der Waals surface area contributed by atoms with Crippen LogP contribution in [0.2, 0.25) is 0 Å². The molecule has 0 spiro atoms. The maximum absolute atomic E-state index is 12.1. The molecular weight excluding hydrogens is 272 g/mol. The van der Waals surface area contributed by atoms with Crippen LogP contribution in [-0.4, -0.2) is 45.2 Å². The quantitative estimate of drug-likeness (QED) is 0.909. The smallest absolute Gasteiger partial charge is 0.409 e. The number of rotatable bonds is 2. The number of likely N-dealkylation sites (tertiary alicyclic amines) is 1. The number of H-pyrrole nitrogens is 1. The van der Waals surface area contributed by atoms with Crippen molar-refractivity contribution in [2.75, 3.05) is 19.7 Å². The molecule has 112 valence electrons. The lowest BCUT2D eigenvalue weighted by Crippen LogP contribution is -2.40. The lowest BCUT2D eigenvalue weighted by atomic mass is 10.1. The van der Waals surface area contributed by atoms with Gasteiger partial charge in [-0.2, -0.15) is 0 Å². The topological polar surface area (TPSA) is 80.2 Å². The summed E-state index contributed by atoms with van der Waals surface area (Å²) in [5.41, 5.74) is 1.28. The number of hydrogen-bond donors (Lipinski definition) is 1. The fourth-order valence-corrected chi connectivity index (χ4v) is 2.84. The Morgan fingerprint density at radius 2 is 2.24 bits per heavy atom. The van der Waals surface area contributed by atoms with E-state index < -0.39 is 0 Å². The third-order valence-electron chi connectivity index (χ3n) is 3.85. The Labute approximate surface area is 121 Å². The summed E-state index contributed by atoms with van der Waals surface area (Å²) in [6, 6.07) is 3.79. The normalized spacial score (nSPS) is 16.3. The van der Waals surface area contributed by atoms with E-state index in [1.165, 1.54) is 0 Å². The minimum absolute atomic E-state index is 0.0844. The number of carbonyl (C=O) groups is 1. The molecule has 1 aliphatic rings. The fourth-order valence-electron chi connectivity index (χ4n) is 2.84. The summed E-state index contributed by atoms with van der Waals surface area (Å²) in [6.45, 7) is 3.38. The highest BCUT2D eigenvalue weighted by molar-refractivity contribution is 5.70. The first-order chi connectivity index (χ1) is 10.2. The minimum Gasteiger partial charge on any atom is -0.450 e. The van der Waals surface area contributed by atoms with E-state index in [4.69, 9.17) is 4.74 Å². The summed E-state index contributed by atoms with van der Waals surface area (Å²) in [6.07, 6.45) is 2.86. The molecule has 21 heavy (non-hydrogen) atoms. The number of nitrogens with one attached hydrogen (secondary N) is 1. The average molecular weight is 290 g/mol. The molecule has 0 radical (unpaired) electrons. The van der Waals surface area contributed by atoms with Crippen molar-refractivity contribution < 1.29 is 9.53 Å². The first-order valence-electron chi connectivity index (χ1n) is 7.17. The molecule has 7 nitrogen and oxygen atoms in total. The molecule has 0 unspecified atom stereocenters. The van der Waals surface area contributed by atoms with Gasteiger partial charge in [0, 0.05) is 25.3 Å². The van der Waals surface area contributed by atoms with E-state index in [-0.39, 0.29) is 17.8 Å². The van der Waals surface area contributed by atoms with Crippen molar-refractivity contribution in [1.82, 2.24) is 19.4 Å². The molecule has 0 aromatic carbocycles. The summed E-state index contributed by atoms with van der Waals surface area (Å²) in [4.78, 5) is 32.4. The van der Waals surface area contributed by atoms with E-state index in [0.29, 0.717) is 25.3 Å². The Morgan fingerprint density at radius 3 is 2.95 bits per heavy atom. The second-order valence-corrected chi connectivity index (χ2v) is 5.09. The lowest BCUT2D eigenvalue weighted by molar-refractivity contribution is 0.0928. The zero-order valence-electron chi connectivity index (χ0n) is 11.9. The Bertz CT molecular complexity index is 698. The Kier molecular flexibility index (Phi) is 3.64. The zero-order valence-corrected chi connectivity index (χ0v) is 11.9. The van der Waals surface area contributed by atoms with Crippen molar-refractivity contribution in [3.05, 3.63) is 28.8 Å². The summed E-state index contributed by atoms with van der Waals surface area (Å²) in [7, 11) is 0. The van der Waals surface area contributed by atoms with Crippen molar-refractivity contribution in [1.29, 1.82) is 0 Å². The van der Waals surface area contributed by atoms with Gasteiger partial charge in [0.1, 0.15) is 0 Å². The van der Waals surface area contributed by atoms with Gasteiger partial charge in [0.05, 0.1) is 12.1 Å². The molecule has 3 rings (SSSR count). The number of carbonyl (C=O) groups excluding carboxylic acids is 1. The molecule has 0 bridgehead atoms. The van der Waals surface area contributed by atoms with Gasteiger partial charge in [0.2, 0.25) is 0 Å². The Morgan fingerprint density at radius 1 is 1.48 bits per heavy atom. The van der Waals surface area contributed by atoms with Crippen LogP contribution in [0.25, 0.3) is 11.2 Å². The number of amides is 1. The van der Waals surface area contributed by atoms with Crippen molar-refractivity contribution >= 4 is 17.3 Å². The highest BCUT2D eigenvalue weighted by atomic mass is 16.6. The van der Waals surface area contributed by atoms with E-state index in [2.05, 4.69) is 9.97 Å². The third kappa shape index (κ3) is 2.51. The van der Waals surface area contributed by atoms with E-state index in [1.807, 2.05) is 12.1 Å². The first kappa shape index (κ1) is 13.7. The predicted molar refractivity (Wildman–Crippen MR) is 77.2 cm³/mol. The fraction of sp³-hybridized carbons (Fsp3) is 0.500. The van der Waals surface area contributed by atoms with Gasteiger partial charge in [-0.25, -0.2) is 14.6 Å². The maximum atomic E-state index is 12.1.